The van der Waals surface area contributed by atoms with E-state index in [9.17, 15) is 4.79 Å². The predicted molar refractivity (Wildman–Crippen MR) is 79.3 cm³/mol. The van der Waals surface area contributed by atoms with E-state index in [4.69, 9.17) is 5.73 Å². The summed E-state index contributed by atoms with van der Waals surface area (Å²) in [4.78, 5) is 14.6. The molecule has 0 fully saturated rings. The molecule has 4 heteroatoms. The minimum atomic E-state index is -0.277. The van der Waals surface area contributed by atoms with E-state index in [0.717, 1.165) is 5.57 Å². The number of fused-ring (bicyclic) bond motifs is 2. The number of nitrogens with zero attached hydrogens (tertiary/aromatic N) is 1. The van der Waals surface area contributed by atoms with Gasteiger partial charge in [-0.3, -0.25) is 4.79 Å². The van der Waals surface area contributed by atoms with Crippen molar-refractivity contribution in [1.82, 2.24) is 0 Å². The number of rotatable bonds is 2. The topological polar surface area (TPSA) is 46.3 Å². The summed E-state index contributed by atoms with van der Waals surface area (Å²) >= 11 is 1.88. The lowest BCUT2D eigenvalue weighted by Crippen LogP contribution is -2.42. The molecule has 1 heterocycles. The van der Waals surface area contributed by atoms with Gasteiger partial charge in [-0.1, -0.05) is 30.4 Å². The van der Waals surface area contributed by atoms with Crippen LogP contribution in [0.3, 0.4) is 0 Å². The van der Waals surface area contributed by atoms with Crippen LogP contribution >= 0.6 is 11.8 Å². The highest BCUT2D eigenvalue weighted by atomic mass is 32.2. The van der Waals surface area contributed by atoms with E-state index >= 15 is 0 Å². The Morgan fingerprint density at radius 3 is 3.00 bits per heavy atom. The second-order valence-electron chi connectivity index (χ2n) is 4.90. The number of carbonyl (C=O) groups is 1. The fraction of sp³-hybridized carbons (Fsp3) is 0.267. The molecule has 1 aliphatic carbocycles. The first kappa shape index (κ1) is 12.4. The third-order valence-corrected chi connectivity index (χ3v) is 4.86. The van der Waals surface area contributed by atoms with Crippen LogP contribution in [-0.2, 0) is 4.79 Å². The van der Waals surface area contributed by atoms with Crippen molar-refractivity contribution in [3.8, 4) is 0 Å². The summed E-state index contributed by atoms with van der Waals surface area (Å²) in [7, 11) is 2.10. The molecular weight excluding hydrogens is 256 g/mol. The first-order valence-electron chi connectivity index (χ1n) is 6.31. The Kier molecular flexibility index (Phi) is 3.11. The van der Waals surface area contributed by atoms with Gasteiger partial charge in [0.05, 0.1) is 23.4 Å². The Balaban J connectivity index is 1.93. The molecule has 2 N–H and O–H groups in total. The highest BCUT2D eigenvalue weighted by molar-refractivity contribution is 8.00. The maximum atomic E-state index is 11.0. The van der Waals surface area contributed by atoms with Crippen LogP contribution in [0.25, 0.3) is 0 Å². The monoisotopic (exact) mass is 272 g/mol. The molecular formula is C15H16N2OS. The summed E-state index contributed by atoms with van der Waals surface area (Å²) in [6, 6.07) is 8.71. The fourth-order valence-electron chi connectivity index (χ4n) is 2.62. The molecule has 1 aromatic carbocycles. The van der Waals surface area contributed by atoms with Crippen LogP contribution < -0.4 is 10.6 Å². The Labute approximate surface area is 117 Å². The van der Waals surface area contributed by atoms with E-state index < -0.39 is 0 Å². The molecule has 0 aromatic heterocycles. The van der Waals surface area contributed by atoms with Crippen LogP contribution in [0.15, 0.2) is 53.0 Å². The van der Waals surface area contributed by atoms with Gasteiger partial charge in [-0.2, -0.15) is 0 Å². The van der Waals surface area contributed by atoms with E-state index in [1.165, 1.54) is 10.6 Å². The molecule has 0 unspecified atom stereocenters. The molecule has 2 aliphatic rings. The van der Waals surface area contributed by atoms with Gasteiger partial charge in [0.2, 0.25) is 5.91 Å². The summed E-state index contributed by atoms with van der Waals surface area (Å²) < 4.78 is 0. The standard InChI is InChI=1S/C15H16N2OS/c1-17-11-4-2-3-5-13(11)19-14-7-6-10(8-12(14)17)9-15(16)18/h2-8,12,14H,9H2,1H3,(H2,16,18)/t12-,14+/m1/s1. The smallest absolute Gasteiger partial charge is 0.221 e. The number of hydrogen-bond acceptors (Lipinski definition) is 3. The molecule has 1 amide bonds. The fourth-order valence-corrected chi connectivity index (χ4v) is 3.96. The van der Waals surface area contributed by atoms with Gasteiger partial charge in [-0.15, -0.1) is 11.8 Å². The Hall–Kier alpha value is -1.68. The van der Waals surface area contributed by atoms with Gasteiger partial charge in [-0.25, -0.2) is 0 Å². The second-order valence-corrected chi connectivity index (χ2v) is 6.12. The molecule has 0 bridgehead atoms. The Morgan fingerprint density at radius 1 is 1.42 bits per heavy atom. The maximum Gasteiger partial charge on any atom is 0.221 e. The van der Waals surface area contributed by atoms with Crippen molar-refractivity contribution >= 4 is 23.4 Å². The Morgan fingerprint density at radius 2 is 2.21 bits per heavy atom. The second kappa shape index (κ2) is 4.78. The number of carbonyl (C=O) groups excluding carboxylic acids is 1. The molecule has 0 saturated heterocycles. The molecule has 98 valence electrons. The summed E-state index contributed by atoms with van der Waals surface area (Å²) in [5, 5.41) is 0.400. The summed E-state index contributed by atoms with van der Waals surface area (Å²) in [5.74, 6) is -0.277. The average Bonchev–Trinajstić information content (AvgIpc) is 2.39. The molecule has 3 nitrogen and oxygen atoms in total. The van der Waals surface area contributed by atoms with Crippen LogP contribution in [0.4, 0.5) is 5.69 Å². The number of anilines is 1. The van der Waals surface area contributed by atoms with Crippen LogP contribution in [0.2, 0.25) is 0 Å². The van der Waals surface area contributed by atoms with Gasteiger partial charge < -0.3 is 10.6 Å². The van der Waals surface area contributed by atoms with Crippen LogP contribution in [0, 0.1) is 0 Å². The Bertz CT molecular complexity index is 579. The molecule has 0 saturated carbocycles. The van der Waals surface area contributed by atoms with Crippen molar-refractivity contribution in [2.75, 3.05) is 11.9 Å². The molecule has 1 aliphatic heterocycles. The number of allylic oxidation sites excluding steroid dienone is 1. The van der Waals surface area contributed by atoms with Crippen molar-refractivity contribution in [2.45, 2.75) is 22.6 Å². The predicted octanol–water partition coefficient (Wildman–Crippen LogP) is 2.34. The largest absolute Gasteiger partial charge is 0.369 e. The average molecular weight is 272 g/mol. The zero-order valence-corrected chi connectivity index (χ0v) is 11.6. The third kappa shape index (κ3) is 2.28. The molecule has 2 atom stereocenters. The van der Waals surface area contributed by atoms with Gasteiger partial charge >= 0.3 is 0 Å². The number of thioether (sulfide) groups is 1. The number of hydrogen-bond donors (Lipinski definition) is 1. The van der Waals surface area contributed by atoms with Gasteiger partial charge in [-0.05, 0) is 17.7 Å². The number of benzene rings is 1. The van der Waals surface area contributed by atoms with E-state index in [0.29, 0.717) is 17.7 Å². The van der Waals surface area contributed by atoms with Crippen LogP contribution in [0.5, 0.6) is 0 Å². The SMILES string of the molecule is CN1c2ccccc2S[C@H]2C=CC(CC(N)=O)=C[C@H]21. The maximum absolute atomic E-state index is 11.0. The lowest BCUT2D eigenvalue weighted by molar-refractivity contribution is -0.117. The lowest BCUT2D eigenvalue weighted by atomic mass is 9.98. The minimum absolute atomic E-state index is 0.277. The number of para-hydroxylation sites is 1. The van der Waals surface area contributed by atoms with E-state index in [2.05, 4.69) is 48.4 Å². The first-order valence-corrected chi connectivity index (χ1v) is 7.19. The van der Waals surface area contributed by atoms with Gasteiger partial charge in [0.15, 0.2) is 0 Å². The molecule has 3 rings (SSSR count). The van der Waals surface area contributed by atoms with E-state index in [-0.39, 0.29) is 5.91 Å². The summed E-state index contributed by atoms with van der Waals surface area (Å²) in [6.07, 6.45) is 6.69. The van der Waals surface area contributed by atoms with E-state index in [1.54, 1.807) is 0 Å². The normalized spacial score (nSPS) is 24.5. The quantitative estimate of drug-likeness (QED) is 0.899. The lowest BCUT2D eigenvalue weighted by Gasteiger charge is -2.40. The van der Waals surface area contributed by atoms with E-state index in [1.807, 2.05) is 17.8 Å². The first-order chi connectivity index (χ1) is 9.15. The van der Waals surface area contributed by atoms with Crippen LogP contribution in [-0.4, -0.2) is 24.2 Å². The molecule has 19 heavy (non-hydrogen) atoms. The van der Waals surface area contributed by atoms with Crippen molar-refractivity contribution in [3.63, 3.8) is 0 Å². The summed E-state index contributed by atoms with van der Waals surface area (Å²) in [6.45, 7) is 0. The summed E-state index contributed by atoms with van der Waals surface area (Å²) in [5.41, 5.74) is 7.53. The zero-order chi connectivity index (χ0) is 13.4. The number of amides is 1. The van der Waals surface area contributed by atoms with Crippen molar-refractivity contribution in [3.05, 3.63) is 48.1 Å². The van der Waals surface area contributed by atoms with Crippen molar-refractivity contribution in [2.24, 2.45) is 5.73 Å². The minimum Gasteiger partial charge on any atom is -0.369 e. The van der Waals surface area contributed by atoms with Crippen LogP contribution in [0.1, 0.15) is 6.42 Å². The molecule has 0 radical (unpaired) electrons. The highest BCUT2D eigenvalue weighted by Gasteiger charge is 2.31. The molecule has 1 aromatic rings. The number of primary amides is 1. The van der Waals surface area contributed by atoms with Crippen molar-refractivity contribution in [1.29, 1.82) is 0 Å². The van der Waals surface area contributed by atoms with Crippen molar-refractivity contribution < 1.29 is 4.79 Å². The van der Waals surface area contributed by atoms with Gasteiger partial charge in [0.1, 0.15) is 0 Å². The number of nitrogens with two attached hydrogens (primary N) is 1. The number of likely N-dealkylation sites (N-methyl/N-ethyl adjacent to an activating group) is 1. The zero-order valence-electron chi connectivity index (χ0n) is 10.7. The van der Waals surface area contributed by atoms with Gasteiger partial charge in [0.25, 0.3) is 0 Å². The third-order valence-electron chi connectivity index (χ3n) is 3.56. The van der Waals surface area contributed by atoms with Gasteiger partial charge in [0, 0.05) is 11.9 Å². The highest BCUT2D eigenvalue weighted by Crippen LogP contribution is 2.43. The molecule has 0 spiro atoms.